The Morgan fingerprint density at radius 2 is 1.97 bits per heavy atom. The summed E-state index contributed by atoms with van der Waals surface area (Å²) in [6.45, 7) is 1.57. The number of phenolic OH excluding ortho intramolecular Hbond substituents is 2. The van der Waals surface area contributed by atoms with E-state index in [4.69, 9.17) is 25.1 Å². The molecule has 3 aliphatic rings. The van der Waals surface area contributed by atoms with Gasteiger partial charge in [-0.1, -0.05) is 17.7 Å². The summed E-state index contributed by atoms with van der Waals surface area (Å²) in [5.41, 5.74) is 11.0. The van der Waals surface area contributed by atoms with E-state index < -0.39 is 34.3 Å². The maximum Gasteiger partial charge on any atom is 0.409 e. The number of methoxy groups -OCH3 is 1. The van der Waals surface area contributed by atoms with Gasteiger partial charge in [-0.3, -0.25) is 4.18 Å². The van der Waals surface area contributed by atoms with Crippen molar-refractivity contribution in [1.82, 2.24) is 5.32 Å². The molecule has 12 nitrogen and oxygen atoms in total. The summed E-state index contributed by atoms with van der Waals surface area (Å²) < 4.78 is 41.3. The van der Waals surface area contributed by atoms with Crippen LogP contribution in [0.5, 0.6) is 11.5 Å². The second-order valence-corrected chi connectivity index (χ2v) is 10.2. The smallest absolute Gasteiger partial charge is 0.409 e. The molecule has 0 aromatic heterocycles. The number of nitrogen functional groups attached to an aromatic ring is 1. The molecule has 0 saturated carbocycles. The molecule has 0 bridgehead atoms. The van der Waals surface area contributed by atoms with Crippen LogP contribution < -0.4 is 21.7 Å². The lowest BCUT2D eigenvalue weighted by Crippen LogP contribution is -2.50. The number of ether oxygens (including phenoxy) is 2. The van der Waals surface area contributed by atoms with E-state index >= 15 is 0 Å². The number of nitrogens with zero attached hydrogens (tertiary/aromatic N) is 1. The van der Waals surface area contributed by atoms with E-state index in [1.807, 2.05) is 6.92 Å². The number of benzene rings is 2. The monoisotopic (exact) mass is 504 g/mol. The quantitative estimate of drug-likeness (QED) is 0.0933. The van der Waals surface area contributed by atoms with Crippen molar-refractivity contribution in [2.24, 2.45) is 5.73 Å². The van der Waals surface area contributed by atoms with E-state index in [1.165, 1.54) is 19.2 Å². The number of phenols is 2. The number of amides is 1. The topological polar surface area (TPSA) is 197 Å². The highest BCUT2D eigenvalue weighted by molar-refractivity contribution is 7.86. The molecule has 2 aromatic rings. The van der Waals surface area contributed by atoms with Crippen molar-refractivity contribution in [3.63, 3.8) is 0 Å². The van der Waals surface area contributed by atoms with Gasteiger partial charge in [0.25, 0.3) is 10.1 Å². The van der Waals surface area contributed by atoms with E-state index in [1.54, 1.807) is 17.0 Å². The third kappa shape index (κ3) is 3.31. The number of rotatable bonds is 6. The molecule has 0 spiro atoms. The lowest BCUT2D eigenvalue weighted by Gasteiger charge is -2.35. The zero-order valence-electron chi connectivity index (χ0n) is 18.8. The molecule has 0 aliphatic carbocycles. The largest absolute Gasteiger partial charge is 0.505 e. The van der Waals surface area contributed by atoms with Crippen LogP contribution in [-0.2, 0) is 30.4 Å². The van der Waals surface area contributed by atoms with Gasteiger partial charge in [-0.15, -0.1) is 0 Å². The molecule has 2 saturated heterocycles. The minimum Gasteiger partial charge on any atom is -0.505 e. The van der Waals surface area contributed by atoms with Gasteiger partial charge in [0.15, 0.2) is 5.72 Å². The Bertz CT molecular complexity index is 1380. The first kappa shape index (κ1) is 23.2. The molecule has 13 heteroatoms. The Balaban J connectivity index is 1.58. The number of fused-ring (bicyclic) bond motifs is 5. The summed E-state index contributed by atoms with van der Waals surface area (Å²) in [5, 5.41) is 25.5. The van der Waals surface area contributed by atoms with E-state index in [0.29, 0.717) is 6.54 Å². The summed E-state index contributed by atoms with van der Waals surface area (Å²) in [4.78, 5) is 12.9. The molecule has 3 heterocycles. The standard InChI is InChI=1S/C22H24N4O8S/c1-10-3-5-11(6-4-10)35(30,31)34-8-12-16(23)19(28)15-13(9-33-21(24)29)22(32-2)20-14(25-20)7-26(22)17(15)18(12)27/h3-6,9,14,20,25,27-28H,7-8,23H2,1-2H3,(H2,24,29). The molecule has 3 aliphatic heterocycles. The maximum atomic E-state index is 12.7. The third-order valence-electron chi connectivity index (χ3n) is 6.65. The maximum absolute atomic E-state index is 12.7. The predicted molar refractivity (Wildman–Crippen MR) is 124 cm³/mol. The molecule has 0 radical (unpaired) electrons. The number of carbonyl (C=O) groups is 1. The molecule has 5 rings (SSSR count). The highest BCUT2D eigenvalue weighted by atomic mass is 32.2. The van der Waals surface area contributed by atoms with Gasteiger partial charge < -0.3 is 41.4 Å². The van der Waals surface area contributed by atoms with Crippen LogP contribution in [0.3, 0.4) is 0 Å². The molecule has 1 amide bonds. The van der Waals surface area contributed by atoms with Gasteiger partial charge in [0.2, 0.25) is 0 Å². The molecule has 3 unspecified atom stereocenters. The van der Waals surface area contributed by atoms with Crippen LogP contribution in [-0.4, -0.2) is 56.2 Å². The van der Waals surface area contributed by atoms with Crippen LogP contribution >= 0.6 is 0 Å². The zero-order chi connectivity index (χ0) is 25.3. The fraction of sp³-hybridized carbons (Fsp3) is 0.318. The second kappa shape index (κ2) is 7.75. The molecule has 7 N–H and O–H groups in total. The number of anilines is 2. The van der Waals surface area contributed by atoms with Gasteiger partial charge in [-0.05, 0) is 19.1 Å². The summed E-state index contributed by atoms with van der Waals surface area (Å²) in [6.07, 6.45) is -0.0194. The number of primary amides is 1. The molecule has 2 fully saturated rings. The average Bonchev–Trinajstić information content (AvgIpc) is 3.42. The summed E-state index contributed by atoms with van der Waals surface area (Å²) in [6, 6.07) is 5.84. The Morgan fingerprint density at radius 1 is 1.29 bits per heavy atom. The van der Waals surface area contributed by atoms with Crippen LogP contribution in [0.25, 0.3) is 5.57 Å². The average molecular weight is 505 g/mol. The number of piperazine rings is 1. The van der Waals surface area contributed by atoms with E-state index in [-0.39, 0.29) is 50.8 Å². The first-order valence-corrected chi connectivity index (χ1v) is 12.0. The van der Waals surface area contributed by atoms with Gasteiger partial charge in [0.1, 0.15) is 17.8 Å². The number of hydrogen-bond donors (Lipinski definition) is 5. The van der Waals surface area contributed by atoms with Gasteiger partial charge in [-0.2, -0.15) is 8.42 Å². The van der Waals surface area contributed by atoms with Gasteiger partial charge in [0.05, 0.1) is 40.1 Å². The van der Waals surface area contributed by atoms with Gasteiger partial charge in [0, 0.05) is 25.3 Å². The van der Waals surface area contributed by atoms with Crippen LogP contribution in [0, 0.1) is 6.92 Å². The fourth-order valence-electron chi connectivity index (χ4n) is 4.93. The van der Waals surface area contributed by atoms with Crippen LogP contribution in [0.15, 0.2) is 35.4 Å². The van der Waals surface area contributed by atoms with E-state index in [2.05, 4.69) is 5.32 Å². The Labute approximate surface area is 200 Å². The highest BCUT2D eigenvalue weighted by Crippen LogP contribution is 2.63. The molecule has 2 aromatic carbocycles. The van der Waals surface area contributed by atoms with Gasteiger partial charge in [-0.25, -0.2) is 4.79 Å². The number of hydrogen-bond acceptors (Lipinski definition) is 11. The molecular formula is C22H24N4O8S. The minimum absolute atomic E-state index is 0.0146. The summed E-state index contributed by atoms with van der Waals surface area (Å²) >= 11 is 0. The van der Waals surface area contributed by atoms with E-state index in [9.17, 15) is 23.4 Å². The Kier molecular flexibility index (Phi) is 5.14. The predicted octanol–water partition coefficient (Wildman–Crippen LogP) is 0.847. The van der Waals surface area contributed by atoms with Crippen LogP contribution in [0.4, 0.5) is 16.2 Å². The fourth-order valence-corrected chi connectivity index (χ4v) is 5.81. The van der Waals surface area contributed by atoms with Crippen molar-refractivity contribution in [3.05, 3.63) is 47.2 Å². The first-order valence-electron chi connectivity index (χ1n) is 10.6. The molecule has 186 valence electrons. The number of aromatic hydroxyl groups is 2. The second-order valence-electron chi connectivity index (χ2n) is 8.57. The zero-order valence-corrected chi connectivity index (χ0v) is 19.6. The summed E-state index contributed by atoms with van der Waals surface area (Å²) in [5.74, 6) is -0.842. The Hall–Kier alpha value is -3.52. The highest BCUT2D eigenvalue weighted by Gasteiger charge is 2.69. The molecule has 35 heavy (non-hydrogen) atoms. The lowest BCUT2D eigenvalue weighted by molar-refractivity contribution is 0.0498. The number of aryl methyl sites for hydroxylation is 1. The number of nitrogens with two attached hydrogens (primary N) is 2. The lowest BCUT2D eigenvalue weighted by atomic mass is 9.94. The normalized spacial score (nSPS) is 25.3. The Morgan fingerprint density at radius 3 is 2.60 bits per heavy atom. The summed E-state index contributed by atoms with van der Waals surface area (Å²) in [7, 11) is -2.74. The van der Waals surface area contributed by atoms with Crippen LogP contribution in [0.2, 0.25) is 0 Å². The SMILES string of the molecule is COC12C(=COC(N)=O)c3c(O)c(N)c(COS(=O)(=O)c4ccc(C)cc4)c(O)c3N1CC1NC12. The minimum atomic E-state index is -4.18. The van der Waals surface area contributed by atoms with Crippen molar-refractivity contribution in [2.75, 3.05) is 24.3 Å². The number of nitrogens with one attached hydrogen (secondary N) is 1. The van der Waals surface area contributed by atoms with E-state index in [0.717, 1.165) is 11.8 Å². The first-order chi connectivity index (χ1) is 16.5. The van der Waals surface area contributed by atoms with Crippen LogP contribution in [0.1, 0.15) is 16.7 Å². The molecular weight excluding hydrogens is 480 g/mol. The van der Waals surface area contributed by atoms with Crippen molar-refractivity contribution in [1.29, 1.82) is 0 Å². The van der Waals surface area contributed by atoms with Crippen molar-refractivity contribution in [3.8, 4) is 11.5 Å². The molecule has 3 atom stereocenters. The van der Waals surface area contributed by atoms with Crippen molar-refractivity contribution < 1.29 is 37.1 Å². The van der Waals surface area contributed by atoms with Gasteiger partial charge >= 0.3 is 6.09 Å². The van der Waals surface area contributed by atoms with Crippen molar-refractivity contribution in [2.45, 2.75) is 36.2 Å². The number of carbonyl (C=O) groups excluding carboxylic acids is 1. The van der Waals surface area contributed by atoms with Crippen molar-refractivity contribution >= 4 is 33.2 Å². The third-order valence-corrected chi connectivity index (χ3v) is 7.93.